The first-order chi connectivity index (χ1) is 14.0. The van der Waals surface area contributed by atoms with Gasteiger partial charge in [-0.2, -0.15) is 0 Å². The highest BCUT2D eigenvalue weighted by Crippen LogP contribution is 2.50. The summed E-state index contributed by atoms with van der Waals surface area (Å²) in [5, 5.41) is 1.70. The SMILES string of the molecule is CCCN(Cc1nc2cc(Cl)ccc2c(=O)[nH]1)C(=O)C1CC1c1ccccc1Cl. The number of hydrogen-bond acceptors (Lipinski definition) is 3. The summed E-state index contributed by atoms with van der Waals surface area (Å²) in [4.78, 5) is 34.6. The molecule has 1 amide bonds. The normalized spacial score (nSPS) is 18.0. The predicted octanol–water partition coefficient (Wildman–Crippen LogP) is 4.77. The molecule has 5 nitrogen and oxygen atoms in total. The Kier molecular flexibility index (Phi) is 5.61. The Balaban J connectivity index is 1.56. The molecule has 1 fully saturated rings. The zero-order valence-corrected chi connectivity index (χ0v) is 17.5. The number of nitrogens with one attached hydrogen (secondary N) is 1. The molecule has 2 atom stereocenters. The van der Waals surface area contributed by atoms with Crippen molar-refractivity contribution in [3.8, 4) is 0 Å². The first-order valence-electron chi connectivity index (χ1n) is 9.69. The van der Waals surface area contributed by atoms with E-state index in [0.717, 1.165) is 18.4 Å². The van der Waals surface area contributed by atoms with E-state index in [9.17, 15) is 9.59 Å². The van der Waals surface area contributed by atoms with Crippen LogP contribution in [0.15, 0.2) is 47.3 Å². The van der Waals surface area contributed by atoms with Crippen molar-refractivity contribution in [1.82, 2.24) is 14.9 Å². The molecule has 0 bridgehead atoms. The van der Waals surface area contributed by atoms with Crippen LogP contribution in [0.3, 0.4) is 0 Å². The maximum Gasteiger partial charge on any atom is 0.258 e. The molecule has 0 aliphatic heterocycles. The third kappa shape index (κ3) is 4.16. The number of H-pyrrole nitrogens is 1. The van der Waals surface area contributed by atoms with Gasteiger partial charge in [0, 0.05) is 22.5 Å². The molecular formula is C22H21Cl2N3O2. The van der Waals surface area contributed by atoms with Crippen molar-refractivity contribution in [3.63, 3.8) is 0 Å². The Labute approximate surface area is 178 Å². The van der Waals surface area contributed by atoms with Gasteiger partial charge in [-0.3, -0.25) is 9.59 Å². The van der Waals surface area contributed by atoms with Crippen LogP contribution in [0.4, 0.5) is 0 Å². The number of amides is 1. The largest absolute Gasteiger partial charge is 0.335 e. The van der Waals surface area contributed by atoms with Gasteiger partial charge < -0.3 is 9.88 Å². The molecular weight excluding hydrogens is 409 g/mol. The van der Waals surface area contributed by atoms with Gasteiger partial charge in [-0.15, -0.1) is 0 Å². The summed E-state index contributed by atoms with van der Waals surface area (Å²) >= 11 is 12.3. The average Bonchev–Trinajstić information content (AvgIpc) is 3.47. The van der Waals surface area contributed by atoms with Gasteiger partial charge >= 0.3 is 0 Å². The Bertz CT molecular complexity index is 1130. The molecule has 1 N–H and O–H groups in total. The van der Waals surface area contributed by atoms with Gasteiger partial charge in [0.1, 0.15) is 5.82 Å². The third-order valence-electron chi connectivity index (χ3n) is 5.28. The van der Waals surface area contributed by atoms with Gasteiger partial charge in [0.2, 0.25) is 5.91 Å². The Hall–Kier alpha value is -2.37. The van der Waals surface area contributed by atoms with Crippen LogP contribution in [-0.2, 0) is 11.3 Å². The van der Waals surface area contributed by atoms with E-state index in [1.54, 1.807) is 23.1 Å². The molecule has 3 aromatic rings. The summed E-state index contributed by atoms with van der Waals surface area (Å²) in [7, 11) is 0. The van der Waals surface area contributed by atoms with Crippen LogP contribution in [0.1, 0.15) is 37.1 Å². The maximum absolute atomic E-state index is 13.1. The number of carbonyl (C=O) groups is 1. The number of benzene rings is 2. The highest BCUT2D eigenvalue weighted by molar-refractivity contribution is 6.31. The third-order valence-corrected chi connectivity index (χ3v) is 5.86. The second-order valence-corrected chi connectivity index (χ2v) is 8.25. The number of fused-ring (bicyclic) bond motifs is 1. The molecule has 4 rings (SSSR count). The van der Waals surface area contributed by atoms with E-state index in [-0.39, 0.29) is 29.8 Å². The summed E-state index contributed by atoms with van der Waals surface area (Å²) in [5.41, 5.74) is 1.32. The Morgan fingerprint density at radius 2 is 2.03 bits per heavy atom. The fraction of sp³-hybridized carbons (Fsp3) is 0.318. The van der Waals surface area contributed by atoms with Crippen molar-refractivity contribution < 1.29 is 4.79 Å². The van der Waals surface area contributed by atoms with Gasteiger partial charge in [0.25, 0.3) is 5.56 Å². The minimum atomic E-state index is -0.231. The maximum atomic E-state index is 13.1. The van der Waals surface area contributed by atoms with Crippen LogP contribution in [0.25, 0.3) is 10.9 Å². The van der Waals surface area contributed by atoms with Gasteiger partial charge in [0.05, 0.1) is 17.4 Å². The summed E-state index contributed by atoms with van der Waals surface area (Å²) in [6.07, 6.45) is 1.61. The topological polar surface area (TPSA) is 66.1 Å². The number of halogens is 2. The van der Waals surface area contributed by atoms with E-state index < -0.39 is 0 Å². The van der Waals surface area contributed by atoms with Crippen molar-refractivity contribution >= 4 is 40.0 Å². The van der Waals surface area contributed by atoms with E-state index in [0.29, 0.717) is 33.3 Å². The van der Waals surface area contributed by atoms with Crippen LogP contribution in [0, 0.1) is 5.92 Å². The van der Waals surface area contributed by atoms with Crippen LogP contribution >= 0.6 is 23.2 Å². The lowest BCUT2D eigenvalue weighted by atomic mass is 10.1. The van der Waals surface area contributed by atoms with E-state index in [1.807, 2.05) is 31.2 Å². The second-order valence-electron chi connectivity index (χ2n) is 7.40. The fourth-order valence-corrected chi connectivity index (χ4v) is 4.22. The number of hydrogen-bond donors (Lipinski definition) is 1. The van der Waals surface area contributed by atoms with Crippen LogP contribution in [-0.4, -0.2) is 27.3 Å². The highest BCUT2D eigenvalue weighted by Gasteiger charge is 2.46. The fourth-order valence-electron chi connectivity index (χ4n) is 3.78. The number of nitrogens with zero attached hydrogens (tertiary/aromatic N) is 2. The molecule has 2 unspecified atom stereocenters. The summed E-state index contributed by atoms with van der Waals surface area (Å²) < 4.78 is 0. The molecule has 150 valence electrons. The van der Waals surface area contributed by atoms with Crippen molar-refractivity contribution in [2.24, 2.45) is 5.92 Å². The molecule has 1 aliphatic rings. The number of aromatic nitrogens is 2. The van der Waals surface area contributed by atoms with Crippen molar-refractivity contribution in [1.29, 1.82) is 0 Å². The van der Waals surface area contributed by atoms with Crippen molar-refractivity contribution in [3.05, 3.63) is 74.3 Å². The van der Waals surface area contributed by atoms with Gasteiger partial charge in [-0.25, -0.2) is 4.98 Å². The van der Waals surface area contributed by atoms with Gasteiger partial charge in [-0.1, -0.05) is 48.3 Å². The number of carbonyl (C=O) groups excluding carboxylic acids is 1. The number of rotatable bonds is 6. The average molecular weight is 430 g/mol. The number of aromatic amines is 1. The predicted molar refractivity (Wildman–Crippen MR) is 115 cm³/mol. The molecule has 0 spiro atoms. The first-order valence-corrected chi connectivity index (χ1v) is 10.4. The van der Waals surface area contributed by atoms with E-state index >= 15 is 0 Å². The highest BCUT2D eigenvalue weighted by atomic mass is 35.5. The Morgan fingerprint density at radius 1 is 1.24 bits per heavy atom. The quantitative estimate of drug-likeness (QED) is 0.613. The summed E-state index contributed by atoms with van der Waals surface area (Å²) in [6.45, 7) is 2.88. The minimum Gasteiger partial charge on any atom is -0.335 e. The first kappa shape index (κ1) is 19.9. The lowest BCUT2D eigenvalue weighted by Gasteiger charge is -2.22. The molecule has 0 radical (unpaired) electrons. The van der Waals surface area contributed by atoms with Crippen LogP contribution in [0.5, 0.6) is 0 Å². The molecule has 1 saturated carbocycles. The van der Waals surface area contributed by atoms with E-state index in [2.05, 4.69) is 9.97 Å². The van der Waals surface area contributed by atoms with Crippen molar-refractivity contribution in [2.45, 2.75) is 32.2 Å². The van der Waals surface area contributed by atoms with Crippen molar-refractivity contribution in [2.75, 3.05) is 6.54 Å². The zero-order chi connectivity index (χ0) is 20.5. The summed E-state index contributed by atoms with van der Waals surface area (Å²) in [6, 6.07) is 12.7. The molecule has 1 aliphatic carbocycles. The van der Waals surface area contributed by atoms with E-state index in [4.69, 9.17) is 23.2 Å². The Morgan fingerprint density at radius 3 is 2.79 bits per heavy atom. The standard InChI is InChI=1S/C22H21Cl2N3O2/c1-2-9-27(22(29)17-11-16(17)14-5-3-4-6-18(14)24)12-20-25-19-10-13(23)7-8-15(19)21(28)26-20/h3-8,10,16-17H,2,9,11-12H2,1H3,(H,25,26,28). The molecule has 2 aromatic carbocycles. The summed E-state index contributed by atoms with van der Waals surface area (Å²) in [5.74, 6) is 0.605. The van der Waals surface area contributed by atoms with E-state index in [1.165, 1.54) is 0 Å². The molecule has 0 saturated heterocycles. The second kappa shape index (κ2) is 8.17. The van der Waals surface area contributed by atoms with Crippen LogP contribution < -0.4 is 5.56 Å². The molecule has 7 heteroatoms. The minimum absolute atomic E-state index is 0.0746. The lowest BCUT2D eigenvalue weighted by Crippen LogP contribution is -2.34. The van der Waals surface area contributed by atoms with Gasteiger partial charge in [0.15, 0.2) is 0 Å². The molecule has 29 heavy (non-hydrogen) atoms. The van der Waals surface area contributed by atoms with Gasteiger partial charge in [-0.05, 0) is 48.6 Å². The smallest absolute Gasteiger partial charge is 0.258 e. The monoisotopic (exact) mass is 429 g/mol. The van der Waals surface area contributed by atoms with Crippen LogP contribution in [0.2, 0.25) is 10.0 Å². The molecule has 1 heterocycles. The molecule has 1 aromatic heterocycles. The lowest BCUT2D eigenvalue weighted by molar-refractivity contribution is -0.133. The zero-order valence-electron chi connectivity index (χ0n) is 16.0.